The molecule has 3 saturated heterocycles. The Morgan fingerprint density at radius 1 is 1.13 bits per heavy atom. The van der Waals surface area contributed by atoms with Gasteiger partial charge in [0.2, 0.25) is 0 Å². The highest BCUT2D eigenvalue weighted by molar-refractivity contribution is 7.80. The lowest BCUT2D eigenvalue weighted by Crippen LogP contribution is -2.66. The summed E-state index contributed by atoms with van der Waals surface area (Å²) in [5.74, 6) is -1.04. The molecule has 1 N–H and O–H groups in total. The van der Waals surface area contributed by atoms with E-state index in [0.717, 1.165) is 16.9 Å². The maximum atomic E-state index is 13.4. The Morgan fingerprint density at radius 2 is 1.81 bits per heavy atom. The second kappa shape index (κ2) is 7.46. The summed E-state index contributed by atoms with van der Waals surface area (Å²) in [7, 11) is 3.96. The lowest BCUT2D eigenvalue weighted by atomic mass is 9.74. The predicted octanol–water partition coefficient (Wildman–Crippen LogP) is 2.54. The number of rotatable bonds is 4. The number of benzene rings is 2. The van der Waals surface area contributed by atoms with Gasteiger partial charge in [-0.2, -0.15) is 0 Å². The van der Waals surface area contributed by atoms with Gasteiger partial charge in [0.25, 0.3) is 0 Å². The average molecular weight is 442 g/mol. The van der Waals surface area contributed by atoms with Crippen molar-refractivity contribution in [3.05, 3.63) is 59.9 Å². The van der Waals surface area contributed by atoms with Gasteiger partial charge in [-0.05, 0) is 60.6 Å². The molecule has 8 heteroatoms. The molecule has 31 heavy (non-hydrogen) atoms. The number of anilines is 2. The molecule has 3 heterocycles. The number of esters is 1. The van der Waals surface area contributed by atoms with Crippen LogP contribution in [0.2, 0.25) is 0 Å². The van der Waals surface area contributed by atoms with Crippen LogP contribution < -0.4 is 9.80 Å². The van der Waals surface area contributed by atoms with E-state index >= 15 is 0 Å². The van der Waals surface area contributed by atoms with Crippen molar-refractivity contribution in [2.45, 2.75) is 37.3 Å². The quantitative estimate of drug-likeness (QED) is 0.578. The Hall–Kier alpha value is -2.71. The highest BCUT2D eigenvalue weighted by atomic mass is 32.1. The van der Waals surface area contributed by atoms with E-state index in [0.29, 0.717) is 18.1 Å². The summed E-state index contributed by atoms with van der Waals surface area (Å²) in [6.07, 6.45) is -1.00. The molecule has 1 aliphatic carbocycles. The first-order valence-corrected chi connectivity index (χ1v) is 10.8. The van der Waals surface area contributed by atoms with Crippen LogP contribution in [0.4, 0.5) is 15.8 Å². The normalized spacial score (nSPS) is 29.2. The smallest absolute Gasteiger partial charge is 0.311 e. The van der Waals surface area contributed by atoms with E-state index in [-0.39, 0.29) is 23.9 Å². The minimum absolute atomic E-state index is 0.215. The zero-order valence-electron chi connectivity index (χ0n) is 17.3. The van der Waals surface area contributed by atoms with Crippen molar-refractivity contribution in [3.8, 4) is 0 Å². The molecule has 2 aromatic carbocycles. The fraction of sp³-hybridized carbons (Fsp3) is 0.391. The first-order chi connectivity index (χ1) is 14.8. The Labute approximate surface area is 185 Å². The molecule has 0 aromatic heterocycles. The first-order valence-electron chi connectivity index (χ1n) is 10.4. The van der Waals surface area contributed by atoms with Gasteiger partial charge in [-0.1, -0.05) is 12.1 Å². The van der Waals surface area contributed by atoms with E-state index < -0.39 is 18.1 Å². The number of nitrogens with zero attached hydrogens (tertiary/aromatic N) is 3. The summed E-state index contributed by atoms with van der Waals surface area (Å²) >= 11 is 5.90. The molecule has 4 fully saturated rings. The maximum absolute atomic E-state index is 13.4. The summed E-state index contributed by atoms with van der Waals surface area (Å²) in [5.41, 5.74) is 2.87. The van der Waals surface area contributed by atoms with Gasteiger partial charge in [0.1, 0.15) is 11.9 Å². The van der Waals surface area contributed by atoms with E-state index in [4.69, 9.17) is 17.0 Å². The largest absolute Gasteiger partial charge is 0.457 e. The molecule has 3 aliphatic heterocycles. The number of ether oxygens (including phenoxy) is 1. The van der Waals surface area contributed by atoms with Crippen LogP contribution in [0, 0.1) is 11.7 Å². The Balaban J connectivity index is 1.54. The van der Waals surface area contributed by atoms with Gasteiger partial charge < -0.3 is 24.5 Å². The van der Waals surface area contributed by atoms with E-state index in [1.165, 1.54) is 12.1 Å². The number of aliphatic hydroxyl groups excluding tert-OH is 1. The highest BCUT2D eigenvalue weighted by Gasteiger charge is 2.62. The minimum atomic E-state index is -0.724. The molecule has 5 atom stereocenters. The van der Waals surface area contributed by atoms with Crippen LogP contribution in [0.5, 0.6) is 0 Å². The summed E-state index contributed by atoms with van der Waals surface area (Å²) < 4.78 is 19.0. The van der Waals surface area contributed by atoms with Crippen LogP contribution in [0.1, 0.15) is 12.0 Å². The van der Waals surface area contributed by atoms with E-state index in [1.54, 1.807) is 12.1 Å². The third-order valence-corrected chi connectivity index (χ3v) is 6.98. The van der Waals surface area contributed by atoms with E-state index in [9.17, 15) is 14.3 Å². The van der Waals surface area contributed by atoms with Crippen LogP contribution >= 0.6 is 12.2 Å². The van der Waals surface area contributed by atoms with Crippen LogP contribution in [-0.4, -0.2) is 59.5 Å². The second-order valence-corrected chi connectivity index (χ2v) is 8.98. The topological polar surface area (TPSA) is 56.2 Å². The molecule has 4 aliphatic rings. The molecule has 2 bridgehead atoms. The van der Waals surface area contributed by atoms with Crippen LogP contribution in [0.3, 0.4) is 0 Å². The van der Waals surface area contributed by atoms with Gasteiger partial charge in [-0.15, -0.1) is 0 Å². The number of hydrogen-bond donors (Lipinski definition) is 1. The number of halogens is 1. The van der Waals surface area contributed by atoms with Crippen LogP contribution in [0.25, 0.3) is 0 Å². The summed E-state index contributed by atoms with van der Waals surface area (Å²) in [4.78, 5) is 18.7. The van der Waals surface area contributed by atoms with Crippen molar-refractivity contribution in [1.29, 1.82) is 0 Å². The second-order valence-electron chi connectivity index (χ2n) is 8.61. The predicted molar refractivity (Wildman–Crippen MR) is 119 cm³/mol. The van der Waals surface area contributed by atoms with Crippen molar-refractivity contribution < 1.29 is 19.0 Å². The lowest BCUT2D eigenvalue weighted by molar-refractivity contribution is -0.194. The fourth-order valence-electron chi connectivity index (χ4n) is 5.04. The SMILES string of the molecule is CN(C)c1ccc(N2C(=S)N(Cc3ccc(F)cc3)[C@H]3[C@H]4OC(=O)[C@H](C[C@H]4O)[C@H]32)cc1. The molecular weight excluding hydrogens is 417 g/mol. The van der Waals surface area contributed by atoms with Gasteiger partial charge in [0.05, 0.1) is 24.1 Å². The van der Waals surface area contributed by atoms with Crippen molar-refractivity contribution in [2.75, 3.05) is 23.9 Å². The fourth-order valence-corrected chi connectivity index (χ4v) is 5.45. The van der Waals surface area contributed by atoms with Crippen molar-refractivity contribution in [2.24, 2.45) is 5.92 Å². The number of carbonyl (C=O) groups is 1. The molecule has 0 unspecified atom stereocenters. The Bertz CT molecular complexity index is 1010. The van der Waals surface area contributed by atoms with E-state index in [1.807, 2.05) is 53.1 Å². The van der Waals surface area contributed by atoms with Crippen LogP contribution in [0.15, 0.2) is 48.5 Å². The Morgan fingerprint density at radius 3 is 2.45 bits per heavy atom. The number of fused-ring (bicyclic) bond motifs is 2. The van der Waals surface area contributed by atoms with Gasteiger partial charge in [0.15, 0.2) is 5.11 Å². The molecule has 0 radical (unpaired) electrons. The molecule has 2 aromatic rings. The Kier molecular flexibility index (Phi) is 4.86. The molecular formula is C23H24FN3O3S. The number of thiocarbonyl (C=S) groups is 1. The van der Waals surface area contributed by atoms with E-state index in [2.05, 4.69) is 0 Å². The summed E-state index contributed by atoms with van der Waals surface area (Å²) in [5, 5.41) is 11.2. The maximum Gasteiger partial charge on any atom is 0.311 e. The third-order valence-electron chi connectivity index (χ3n) is 6.55. The number of hydrogen-bond acceptors (Lipinski definition) is 5. The average Bonchev–Trinajstić information content (AvgIpc) is 3.04. The lowest BCUT2D eigenvalue weighted by Gasteiger charge is -2.49. The third kappa shape index (κ3) is 3.25. The van der Waals surface area contributed by atoms with Gasteiger partial charge in [-0.25, -0.2) is 4.39 Å². The minimum Gasteiger partial charge on any atom is -0.457 e. The summed E-state index contributed by atoms with van der Waals surface area (Å²) in [6, 6.07) is 13.9. The summed E-state index contributed by atoms with van der Waals surface area (Å²) in [6.45, 7) is 0.444. The van der Waals surface area contributed by atoms with Crippen molar-refractivity contribution in [1.82, 2.24) is 4.90 Å². The van der Waals surface area contributed by atoms with Crippen molar-refractivity contribution in [3.63, 3.8) is 0 Å². The zero-order valence-corrected chi connectivity index (χ0v) is 18.1. The standard InChI is InChI=1S/C23H24FN3O3S/c1-25(2)15-7-9-16(10-8-15)27-19-17-11-18(28)21(30-22(17)29)20(19)26(23(27)31)12-13-3-5-14(24)6-4-13/h3-10,17-21,28H,11-12H2,1-2H3/t17-,18-,19-,20-,21+/m1/s1. The molecule has 6 rings (SSSR count). The molecule has 0 spiro atoms. The molecule has 162 valence electrons. The van der Waals surface area contributed by atoms with Crippen LogP contribution in [-0.2, 0) is 16.1 Å². The highest BCUT2D eigenvalue weighted by Crippen LogP contribution is 2.46. The van der Waals surface area contributed by atoms with Crippen molar-refractivity contribution >= 4 is 34.7 Å². The molecule has 6 nitrogen and oxygen atoms in total. The number of carbonyl (C=O) groups excluding carboxylic acids is 1. The van der Waals surface area contributed by atoms with Gasteiger partial charge in [-0.3, -0.25) is 4.79 Å². The first kappa shape index (κ1) is 20.2. The van der Waals surface area contributed by atoms with Gasteiger partial charge >= 0.3 is 5.97 Å². The molecule has 1 saturated carbocycles. The monoisotopic (exact) mass is 441 g/mol. The zero-order chi connectivity index (χ0) is 21.9. The van der Waals surface area contributed by atoms with Gasteiger partial charge in [0, 0.05) is 32.0 Å². The number of aliphatic hydroxyl groups is 1. The molecule has 0 amide bonds.